The molecule has 14 heavy (non-hydrogen) atoms. The van der Waals surface area contributed by atoms with Crippen molar-refractivity contribution in [3.8, 4) is 0 Å². The van der Waals surface area contributed by atoms with E-state index in [1.807, 2.05) is 0 Å². The van der Waals surface area contributed by atoms with Gasteiger partial charge in [-0.05, 0) is 18.0 Å². The lowest BCUT2D eigenvalue weighted by Crippen LogP contribution is -2.39. The molecule has 0 aliphatic heterocycles. The third-order valence-electron chi connectivity index (χ3n) is 1.60. The number of aliphatic carboxylic acids is 1. The smallest absolute Gasteiger partial charge is 0.326 e. The average molecular weight is 215 g/mol. The lowest BCUT2D eigenvalue weighted by atomic mass is 10.2. The number of aromatic nitrogens is 2. The maximum atomic E-state index is 11.3. The summed E-state index contributed by atoms with van der Waals surface area (Å²) in [5.74, 6) is -1.49. The molecule has 0 aliphatic carbocycles. The number of rotatable bonds is 4. The van der Waals surface area contributed by atoms with Gasteiger partial charge in [0.1, 0.15) is 10.9 Å². The predicted molar refractivity (Wildman–Crippen MR) is 49.1 cm³/mol. The van der Waals surface area contributed by atoms with Crippen molar-refractivity contribution in [1.82, 2.24) is 14.9 Å². The molecule has 1 rings (SSSR count). The predicted octanol–water partition coefficient (Wildman–Crippen LogP) is 0.131. The van der Waals surface area contributed by atoms with Crippen LogP contribution in [0.15, 0.2) is 6.20 Å². The number of carboxylic acids is 1. The van der Waals surface area contributed by atoms with Gasteiger partial charge in [-0.25, -0.2) is 4.79 Å². The minimum Gasteiger partial charge on any atom is -0.480 e. The second-order valence-corrected chi connectivity index (χ2v) is 3.34. The standard InChI is InChI=1S/C7H9N3O3S/c1-2-4(7(12)13)9-6(11)5-3-8-10-14-5/h3-4H,2H2,1H3,(H,9,11)(H,12,13)/t4-/m0/s1. The Morgan fingerprint density at radius 2 is 2.43 bits per heavy atom. The van der Waals surface area contributed by atoms with E-state index in [1.54, 1.807) is 6.92 Å². The number of hydrogen-bond acceptors (Lipinski definition) is 5. The Morgan fingerprint density at radius 1 is 1.71 bits per heavy atom. The molecule has 0 fully saturated rings. The van der Waals surface area contributed by atoms with Crippen LogP contribution in [0.3, 0.4) is 0 Å². The molecule has 0 saturated heterocycles. The van der Waals surface area contributed by atoms with Gasteiger partial charge in [0.2, 0.25) is 0 Å². The summed E-state index contributed by atoms with van der Waals surface area (Å²) in [5, 5.41) is 14.5. The lowest BCUT2D eigenvalue weighted by molar-refractivity contribution is -0.139. The molecule has 1 atom stereocenters. The van der Waals surface area contributed by atoms with E-state index in [4.69, 9.17) is 5.11 Å². The average Bonchev–Trinajstić information content (AvgIpc) is 2.65. The van der Waals surface area contributed by atoms with E-state index in [0.717, 1.165) is 11.5 Å². The highest BCUT2D eigenvalue weighted by molar-refractivity contribution is 7.07. The summed E-state index contributed by atoms with van der Waals surface area (Å²) in [6.07, 6.45) is 1.64. The molecule has 0 aliphatic rings. The molecular weight excluding hydrogens is 206 g/mol. The lowest BCUT2D eigenvalue weighted by Gasteiger charge is -2.10. The van der Waals surface area contributed by atoms with E-state index < -0.39 is 17.9 Å². The van der Waals surface area contributed by atoms with E-state index in [1.165, 1.54) is 6.20 Å². The Morgan fingerprint density at radius 3 is 2.86 bits per heavy atom. The van der Waals surface area contributed by atoms with Gasteiger partial charge in [0.05, 0.1) is 6.20 Å². The van der Waals surface area contributed by atoms with E-state index in [2.05, 4.69) is 14.9 Å². The van der Waals surface area contributed by atoms with Crippen molar-refractivity contribution in [2.45, 2.75) is 19.4 Å². The molecule has 1 heterocycles. The monoisotopic (exact) mass is 215 g/mol. The Kier molecular flexibility index (Phi) is 3.52. The summed E-state index contributed by atoms with van der Waals surface area (Å²) in [6.45, 7) is 1.68. The van der Waals surface area contributed by atoms with Gasteiger partial charge in [-0.2, -0.15) is 0 Å². The fraction of sp³-hybridized carbons (Fsp3) is 0.429. The van der Waals surface area contributed by atoms with Gasteiger partial charge in [0.15, 0.2) is 0 Å². The summed E-state index contributed by atoms with van der Waals surface area (Å²) in [4.78, 5) is 22.2. The first-order chi connectivity index (χ1) is 6.65. The number of carboxylic acid groups (broad SMARTS) is 1. The van der Waals surface area contributed by atoms with Crippen LogP contribution >= 0.6 is 11.5 Å². The number of carbonyl (C=O) groups excluding carboxylic acids is 1. The molecule has 0 radical (unpaired) electrons. The number of nitrogens with zero attached hydrogens (tertiary/aromatic N) is 2. The second kappa shape index (κ2) is 4.66. The molecular formula is C7H9N3O3S. The second-order valence-electron chi connectivity index (χ2n) is 2.55. The zero-order valence-electron chi connectivity index (χ0n) is 7.43. The van der Waals surface area contributed by atoms with Gasteiger partial charge in [-0.15, -0.1) is 5.10 Å². The third-order valence-corrected chi connectivity index (χ3v) is 2.26. The van der Waals surface area contributed by atoms with E-state index in [-0.39, 0.29) is 0 Å². The van der Waals surface area contributed by atoms with Crippen LogP contribution in [0.5, 0.6) is 0 Å². The normalized spacial score (nSPS) is 12.1. The first kappa shape index (κ1) is 10.6. The van der Waals surface area contributed by atoms with Crippen LogP contribution in [0.2, 0.25) is 0 Å². The van der Waals surface area contributed by atoms with E-state index in [0.29, 0.717) is 11.3 Å². The van der Waals surface area contributed by atoms with Crippen LogP contribution in [0.4, 0.5) is 0 Å². The summed E-state index contributed by atoms with van der Waals surface area (Å²) >= 11 is 0.929. The van der Waals surface area contributed by atoms with Crippen molar-refractivity contribution in [2.24, 2.45) is 0 Å². The van der Waals surface area contributed by atoms with Gasteiger partial charge in [0.25, 0.3) is 5.91 Å². The number of carbonyl (C=O) groups is 2. The van der Waals surface area contributed by atoms with Crippen LogP contribution in [-0.2, 0) is 4.79 Å². The Hall–Kier alpha value is -1.50. The molecule has 1 aromatic heterocycles. The first-order valence-corrected chi connectivity index (χ1v) is 4.73. The molecule has 1 aromatic rings. The van der Waals surface area contributed by atoms with Crippen LogP contribution in [0.1, 0.15) is 23.0 Å². The molecule has 76 valence electrons. The van der Waals surface area contributed by atoms with Gasteiger partial charge in [0, 0.05) is 0 Å². The molecule has 1 amide bonds. The van der Waals surface area contributed by atoms with Crippen LogP contribution in [-0.4, -0.2) is 32.6 Å². The van der Waals surface area contributed by atoms with Crippen molar-refractivity contribution in [1.29, 1.82) is 0 Å². The fourth-order valence-electron chi connectivity index (χ4n) is 0.835. The SMILES string of the molecule is CC[C@H](NC(=O)c1cnns1)C(=O)O. The highest BCUT2D eigenvalue weighted by Crippen LogP contribution is 2.02. The number of nitrogens with one attached hydrogen (secondary N) is 1. The zero-order chi connectivity index (χ0) is 10.6. The van der Waals surface area contributed by atoms with Crippen molar-refractivity contribution >= 4 is 23.4 Å². The Balaban J connectivity index is 2.60. The zero-order valence-corrected chi connectivity index (χ0v) is 8.24. The minimum absolute atomic E-state index is 0.310. The highest BCUT2D eigenvalue weighted by Gasteiger charge is 2.19. The third kappa shape index (κ3) is 2.49. The molecule has 0 bridgehead atoms. The van der Waals surface area contributed by atoms with Gasteiger partial charge >= 0.3 is 5.97 Å². The van der Waals surface area contributed by atoms with Gasteiger partial charge in [-0.1, -0.05) is 11.4 Å². The largest absolute Gasteiger partial charge is 0.480 e. The molecule has 0 aromatic carbocycles. The molecule has 6 nitrogen and oxygen atoms in total. The minimum atomic E-state index is -1.04. The van der Waals surface area contributed by atoms with Crippen LogP contribution in [0.25, 0.3) is 0 Å². The highest BCUT2D eigenvalue weighted by atomic mass is 32.1. The topological polar surface area (TPSA) is 92.2 Å². The summed E-state index contributed by atoms with van der Waals surface area (Å²) in [7, 11) is 0. The Labute approximate surface area is 84.1 Å². The maximum Gasteiger partial charge on any atom is 0.326 e. The Bertz CT molecular complexity index is 325. The van der Waals surface area contributed by atoms with Crippen molar-refractivity contribution in [3.63, 3.8) is 0 Å². The van der Waals surface area contributed by atoms with Crippen LogP contribution < -0.4 is 5.32 Å². The molecule has 0 saturated carbocycles. The van der Waals surface area contributed by atoms with Crippen molar-refractivity contribution in [3.05, 3.63) is 11.1 Å². The van der Waals surface area contributed by atoms with Crippen molar-refractivity contribution in [2.75, 3.05) is 0 Å². The van der Waals surface area contributed by atoms with Gasteiger partial charge in [-0.3, -0.25) is 4.79 Å². The summed E-state index contributed by atoms with van der Waals surface area (Å²) in [5.41, 5.74) is 0. The fourth-order valence-corrected chi connectivity index (χ4v) is 1.25. The summed E-state index contributed by atoms with van der Waals surface area (Å²) < 4.78 is 3.50. The molecule has 2 N–H and O–H groups in total. The van der Waals surface area contributed by atoms with Crippen molar-refractivity contribution < 1.29 is 14.7 Å². The summed E-state index contributed by atoms with van der Waals surface area (Å²) in [6, 6.07) is -0.857. The number of amides is 1. The molecule has 0 unspecified atom stereocenters. The van der Waals surface area contributed by atoms with Crippen LogP contribution in [0, 0.1) is 0 Å². The first-order valence-electron chi connectivity index (χ1n) is 3.96. The quantitative estimate of drug-likeness (QED) is 0.744. The number of hydrogen-bond donors (Lipinski definition) is 2. The van der Waals surface area contributed by atoms with E-state index >= 15 is 0 Å². The van der Waals surface area contributed by atoms with Gasteiger partial charge < -0.3 is 10.4 Å². The molecule has 7 heteroatoms. The maximum absolute atomic E-state index is 11.3. The van der Waals surface area contributed by atoms with E-state index in [9.17, 15) is 9.59 Å². The molecule has 0 spiro atoms.